The van der Waals surface area contributed by atoms with Crippen LogP contribution in [-0.2, 0) is 0 Å². The van der Waals surface area contributed by atoms with Gasteiger partial charge in [-0.05, 0) is 61.8 Å². The van der Waals surface area contributed by atoms with Gasteiger partial charge < -0.3 is 4.90 Å². The molecule has 1 aromatic rings. The third-order valence-electron chi connectivity index (χ3n) is 4.46. The molecule has 106 valence electrons. The largest absolute Gasteiger partial charge is 0.378 e. The molecule has 2 bridgehead atoms. The topological polar surface area (TPSA) is 44.7 Å². The average molecular weight is 271 g/mol. The van der Waals surface area contributed by atoms with Crippen LogP contribution in [0.5, 0.6) is 0 Å². The molecule has 2 atom stereocenters. The minimum Gasteiger partial charge on any atom is -0.378 e. The zero-order valence-electron chi connectivity index (χ0n) is 12.1. The predicted molar refractivity (Wildman–Crippen MR) is 81.1 cm³/mol. The molecule has 2 saturated carbocycles. The fourth-order valence-electron chi connectivity index (χ4n) is 3.26. The number of hydrogen-bond acceptors (Lipinski definition) is 3. The lowest BCUT2D eigenvalue weighted by Crippen LogP contribution is -2.22. The van der Waals surface area contributed by atoms with Crippen molar-refractivity contribution in [1.29, 1.82) is 0 Å². The second-order valence-electron chi connectivity index (χ2n) is 6.07. The van der Waals surface area contributed by atoms with Gasteiger partial charge in [-0.3, -0.25) is 4.79 Å². The summed E-state index contributed by atoms with van der Waals surface area (Å²) in [7, 11) is 3.96. The smallest absolute Gasteiger partial charge is 0.271 e. The Hall–Kier alpha value is -1.84. The lowest BCUT2D eigenvalue weighted by Gasteiger charge is -2.13. The first-order chi connectivity index (χ1) is 9.63. The molecule has 3 rings (SSSR count). The normalized spacial score (nSPS) is 26.0. The van der Waals surface area contributed by atoms with Crippen molar-refractivity contribution < 1.29 is 4.79 Å². The Kier molecular flexibility index (Phi) is 3.47. The maximum atomic E-state index is 12.1. The highest BCUT2D eigenvalue weighted by Crippen LogP contribution is 2.42. The Bertz CT molecular complexity index is 533. The van der Waals surface area contributed by atoms with E-state index in [4.69, 9.17) is 0 Å². The third-order valence-corrected chi connectivity index (χ3v) is 4.46. The maximum Gasteiger partial charge on any atom is 0.271 e. The van der Waals surface area contributed by atoms with Crippen molar-refractivity contribution in [2.75, 3.05) is 19.0 Å². The van der Waals surface area contributed by atoms with Crippen LogP contribution in [0.4, 0.5) is 5.69 Å². The number of hydrazone groups is 1. The minimum atomic E-state index is -0.120. The van der Waals surface area contributed by atoms with Crippen molar-refractivity contribution in [3.05, 3.63) is 29.8 Å². The molecular weight excluding hydrogens is 250 g/mol. The number of nitrogens with one attached hydrogen (secondary N) is 1. The predicted octanol–water partition coefficient (Wildman–Crippen LogP) is 2.66. The number of hydrogen-bond donors (Lipinski definition) is 1. The Labute approximate surface area is 119 Å². The number of rotatable bonds is 3. The van der Waals surface area contributed by atoms with Gasteiger partial charge in [0.05, 0.1) is 0 Å². The molecule has 1 N–H and O–H groups in total. The van der Waals surface area contributed by atoms with Crippen LogP contribution in [0, 0.1) is 11.8 Å². The summed E-state index contributed by atoms with van der Waals surface area (Å²) in [6.45, 7) is 0. The zero-order chi connectivity index (χ0) is 14.1. The van der Waals surface area contributed by atoms with Crippen molar-refractivity contribution in [1.82, 2.24) is 5.43 Å². The summed E-state index contributed by atoms with van der Waals surface area (Å²) in [5.41, 5.74) is 5.64. The van der Waals surface area contributed by atoms with E-state index in [-0.39, 0.29) is 5.91 Å². The summed E-state index contributed by atoms with van der Waals surface area (Å²) in [6.07, 6.45) is 4.93. The maximum absolute atomic E-state index is 12.1. The van der Waals surface area contributed by atoms with Crippen molar-refractivity contribution in [2.45, 2.75) is 25.7 Å². The van der Waals surface area contributed by atoms with E-state index in [1.54, 1.807) is 0 Å². The molecule has 0 heterocycles. The van der Waals surface area contributed by atoms with Gasteiger partial charge in [-0.25, -0.2) is 5.43 Å². The molecular formula is C16H21N3O. The van der Waals surface area contributed by atoms with E-state index in [0.29, 0.717) is 11.5 Å². The lowest BCUT2D eigenvalue weighted by atomic mass is 9.99. The van der Waals surface area contributed by atoms with Crippen molar-refractivity contribution in [3.8, 4) is 0 Å². The van der Waals surface area contributed by atoms with E-state index >= 15 is 0 Å². The van der Waals surface area contributed by atoms with Crippen molar-refractivity contribution in [2.24, 2.45) is 16.9 Å². The molecule has 0 unspecified atom stereocenters. The molecule has 0 spiro atoms. The van der Waals surface area contributed by atoms with Crippen LogP contribution >= 0.6 is 0 Å². The SMILES string of the molecule is CN(C)c1ccc(C(=O)NN=C2C[C@H]3CC[C@H]2C3)cc1. The summed E-state index contributed by atoms with van der Waals surface area (Å²) in [5.74, 6) is 1.32. The first kappa shape index (κ1) is 13.2. The molecule has 0 radical (unpaired) electrons. The van der Waals surface area contributed by atoms with Gasteiger partial charge in [-0.1, -0.05) is 0 Å². The number of amides is 1. The van der Waals surface area contributed by atoms with E-state index in [1.807, 2.05) is 43.3 Å². The molecule has 1 amide bonds. The first-order valence-electron chi connectivity index (χ1n) is 7.27. The molecule has 2 fully saturated rings. The molecule has 2 aliphatic rings. The van der Waals surface area contributed by atoms with Gasteiger partial charge in [-0.2, -0.15) is 5.10 Å². The number of benzene rings is 1. The number of fused-ring (bicyclic) bond motifs is 2. The van der Waals surface area contributed by atoms with Crippen LogP contribution in [-0.4, -0.2) is 25.7 Å². The molecule has 0 aromatic heterocycles. The van der Waals surface area contributed by atoms with E-state index < -0.39 is 0 Å². The summed E-state index contributed by atoms with van der Waals surface area (Å²) < 4.78 is 0. The van der Waals surface area contributed by atoms with Gasteiger partial charge in [0.15, 0.2) is 0 Å². The first-order valence-corrected chi connectivity index (χ1v) is 7.27. The molecule has 0 aliphatic heterocycles. The standard InChI is InChI=1S/C16H21N3O/c1-19(2)14-7-5-12(6-8-14)16(20)18-17-15-10-11-3-4-13(15)9-11/h5-8,11,13H,3-4,9-10H2,1-2H3,(H,18,20)/t11-,13-/m0/s1. The Balaban J connectivity index is 1.63. The highest BCUT2D eigenvalue weighted by atomic mass is 16.2. The Morgan fingerprint density at radius 3 is 2.55 bits per heavy atom. The van der Waals surface area contributed by atoms with Gasteiger partial charge in [0, 0.05) is 31.1 Å². The molecule has 2 aliphatic carbocycles. The fraction of sp³-hybridized carbons (Fsp3) is 0.500. The van der Waals surface area contributed by atoms with E-state index in [0.717, 1.165) is 18.0 Å². The monoisotopic (exact) mass is 271 g/mol. The Morgan fingerprint density at radius 2 is 2.00 bits per heavy atom. The number of carbonyl (C=O) groups is 1. The second kappa shape index (κ2) is 5.27. The summed E-state index contributed by atoms with van der Waals surface area (Å²) >= 11 is 0. The van der Waals surface area contributed by atoms with Crippen molar-refractivity contribution in [3.63, 3.8) is 0 Å². The van der Waals surface area contributed by atoms with Crippen molar-refractivity contribution >= 4 is 17.3 Å². The van der Waals surface area contributed by atoms with Gasteiger partial charge in [0.2, 0.25) is 0 Å². The van der Waals surface area contributed by atoms with Crippen LogP contribution in [0.25, 0.3) is 0 Å². The Morgan fingerprint density at radius 1 is 1.25 bits per heavy atom. The number of anilines is 1. The fourth-order valence-corrected chi connectivity index (χ4v) is 3.26. The number of carbonyl (C=O) groups excluding carboxylic acids is 1. The van der Waals surface area contributed by atoms with Gasteiger partial charge in [-0.15, -0.1) is 0 Å². The second-order valence-corrected chi connectivity index (χ2v) is 6.07. The quantitative estimate of drug-likeness (QED) is 0.859. The molecule has 4 heteroatoms. The van der Waals surface area contributed by atoms with Crippen LogP contribution < -0.4 is 10.3 Å². The molecule has 0 saturated heterocycles. The van der Waals surface area contributed by atoms with Gasteiger partial charge >= 0.3 is 0 Å². The van der Waals surface area contributed by atoms with Crippen LogP contribution in [0.2, 0.25) is 0 Å². The average Bonchev–Trinajstić information content (AvgIpc) is 3.07. The summed E-state index contributed by atoms with van der Waals surface area (Å²) in [5, 5.41) is 4.35. The van der Waals surface area contributed by atoms with Crippen LogP contribution in [0.1, 0.15) is 36.0 Å². The molecule has 4 nitrogen and oxygen atoms in total. The van der Waals surface area contributed by atoms with Gasteiger partial charge in [0.1, 0.15) is 0 Å². The molecule has 20 heavy (non-hydrogen) atoms. The van der Waals surface area contributed by atoms with E-state index in [2.05, 4.69) is 10.5 Å². The van der Waals surface area contributed by atoms with Crippen LogP contribution in [0.3, 0.4) is 0 Å². The minimum absolute atomic E-state index is 0.120. The highest BCUT2D eigenvalue weighted by Gasteiger charge is 2.36. The van der Waals surface area contributed by atoms with E-state index in [1.165, 1.54) is 25.0 Å². The molecule has 1 aromatic carbocycles. The van der Waals surface area contributed by atoms with E-state index in [9.17, 15) is 4.79 Å². The third kappa shape index (κ3) is 2.55. The van der Waals surface area contributed by atoms with Gasteiger partial charge in [0.25, 0.3) is 5.91 Å². The lowest BCUT2D eigenvalue weighted by molar-refractivity contribution is 0.0954. The number of nitrogens with zero attached hydrogens (tertiary/aromatic N) is 2. The summed E-state index contributed by atoms with van der Waals surface area (Å²) in [4.78, 5) is 14.1. The van der Waals surface area contributed by atoms with Crippen LogP contribution in [0.15, 0.2) is 29.4 Å². The summed E-state index contributed by atoms with van der Waals surface area (Å²) in [6, 6.07) is 7.57. The zero-order valence-corrected chi connectivity index (χ0v) is 12.1. The highest BCUT2D eigenvalue weighted by molar-refractivity contribution is 5.96.